The molecule has 3 N–H and O–H groups in total. The van der Waals surface area contributed by atoms with E-state index in [4.69, 9.17) is 22.1 Å². The first-order valence-corrected chi connectivity index (χ1v) is 7.43. The number of nitrogens with two attached hydrogens (primary N) is 1. The summed E-state index contributed by atoms with van der Waals surface area (Å²) < 4.78 is 5.37. The first kappa shape index (κ1) is 15.1. The maximum atomic E-state index is 12.4. The number of rotatable bonds is 5. The zero-order valence-electron chi connectivity index (χ0n) is 11.7. The van der Waals surface area contributed by atoms with E-state index in [1.54, 1.807) is 18.2 Å². The van der Waals surface area contributed by atoms with Crippen molar-refractivity contribution in [2.75, 3.05) is 18.5 Å². The second-order valence-corrected chi connectivity index (χ2v) is 5.63. The van der Waals surface area contributed by atoms with Crippen molar-refractivity contribution in [2.24, 2.45) is 11.1 Å². The lowest BCUT2D eigenvalue weighted by Crippen LogP contribution is -2.40. The van der Waals surface area contributed by atoms with Crippen molar-refractivity contribution in [1.82, 2.24) is 0 Å². The average molecular weight is 297 g/mol. The van der Waals surface area contributed by atoms with Crippen LogP contribution in [-0.2, 0) is 4.79 Å². The molecule has 0 radical (unpaired) electrons. The summed E-state index contributed by atoms with van der Waals surface area (Å²) in [6.07, 6.45) is 3.85. The molecular weight excluding hydrogens is 276 g/mol. The van der Waals surface area contributed by atoms with E-state index < -0.39 is 5.41 Å². The second-order valence-electron chi connectivity index (χ2n) is 5.22. The summed E-state index contributed by atoms with van der Waals surface area (Å²) in [7, 11) is 0. The number of carbonyl (C=O) groups is 1. The quantitative estimate of drug-likeness (QED) is 0.877. The van der Waals surface area contributed by atoms with E-state index in [0.717, 1.165) is 25.7 Å². The Kier molecular flexibility index (Phi) is 4.89. The van der Waals surface area contributed by atoms with Crippen LogP contribution in [0.25, 0.3) is 0 Å². The van der Waals surface area contributed by atoms with Gasteiger partial charge in [0.05, 0.1) is 17.0 Å². The monoisotopic (exact) mass is 296 g/mol. The van der Waals surface area contributed by atoms with Gasteiger partial charge in [-0.2, -0.15) is 0 Å². The fourth-order valence-corrected chi connectivity index (χ4v) is 2.93. The van der Waals surface area contributed by atoms with Crippen LogP contribution in [0.3, 0.4) is 0 Å². The highest BCUT2D eigenvalue weighted by Crippen LogP contribution is 2.38. The predicted octanol–water partition coefficient (Wildman–Crippen LogP) is 3.20. The van der Waals surface area contributed by atoms with Gasteiger partial charge in [-0.15, -0.1) is 0 Å². The zero-order chi connectivity index (χ0) is 14.6. The highest BCUT2D eigenvalue weighted by atomic mass is 35.5. The van der Waals surface area contributed by atoms with Gasteiger partial charge in [-0.3, -0.25) is 4.79 Å². The van der Waals surface area contributed by atoms with Gasteiger partial charge in [-0.1, -0.05) is 24.4 Å². The summed E-state index contributed by atoms with van der Waals surface area (Å²) in [6, 6.07) is 5.28. The van der Waals surface area contributed by atoms with E-state index in [9.17, 15) is 4.79 Å². The van der Waals surface area contributed by atoms with Crippen molar-refractivity contribution in [2.45, 2.75) is 32.6 Å². The van der Waals surface area contributed by atoms with Crippen LogP contribution in [0.15, 0.2) is 18.2 Å². The molecule has 0 spiro atoms. The fourth-order valence-electron chi connectivity index (χ4n) is 2.69. The number of nitrogens with one attached hydrogen (secondary N) is 1. The Morgan fingerprint density at radius 1 is 1.45 bits per heavy atom. The average Bonchev–Trinajstić information content (AvgIpc) is 2.92. The topological polar surface area (TPSA) is 64.3 Å². The van der Waals surface area contributed by atoms with Crippen LogP contribution >= 0.6 is 11.6 Å². The van der Waals surface area contributed by atoms with E-state index in [0.29, 0.717) is 29.6 Å². The summed E-state index contributed by atoms with van der Waals surface area (Å²) in [5, 5.41) is 3.42. The van der Waals surface area contributed by atoms with Gasteiger partial charge >= 0.3 is 0 Å². The summed E-state index contributed by atoms with van der Waals surface area (Å²) in [5.74, 6) is 0.624. The van der Waals surface area contributed by atoms with Crippen LogP contribution in [-0.4, -0.2) is 19.1 Å². The molecule has 110 valence electrons. The summed E-state index contributed by atoms with van der Waals surface area (Å²) in [6.45, 7) is 2.85. The fraction of sp³-hybridized carbons (Fsp3) is 0.533. The van der Waals surface area contributed by atoms with Gasteiger partial charge in [0.25, 0.3) is 0 Å². The smallest absolute Gasteiger partial charge is 0.231 e. The van der Waals surface area contributed by atoms with Gasteiger partial charge in [-0.05, 0) is 38.0 Å². The van der Waals surface area contributed by atoms with Gasteiger partial charge in [-0.25, -0.2) is 0 Å². The molecule has 0 heterocycles. The minimum atomic E-state index is -0.412. The van der Waals surface area contributed by atoms with Crippen LogP contribution in [0.4, 0.5) is 5.69 Å². The number of halogens is 1. The van der Waals surface area contributed by atoms with E-state index >= 15 is 0 Å². The molecule has 1 aromatic rings. The molecule has 1 saturated carbocycles. The number of hydrogen-bond acceptors (Lipinski definition) is 3. The van der Waals surface area contributed by atoms with Crippen molar-refractivity contribution in [3.05, 3.63) is 23.2 Å². The summed E-state index contributed by atoms with van der Waals surface area (Å²) in [5.41, 5.74) is 6.08. The van der Waals surface area contributed by atoms with Gasteiger partial charge in [0.15, 0.2) is 0 Å². The molecule has 4 nitrogen and oxygen atoms in total. The number of amides is 1. The summed E-state index contributed by atoms with van der Waals surface area (Å²) in [4.78, 5) is 12.4. The highest BCUT2D eigenvalue weighted by Gasteiger charge is 2.39. The van der Waals surface area contributed by atoms with E-state index in [1.807, 2.05) is 6.92 Å². The van der Waals surface area contributed by atoms with Crippen molar-refractivity contribution in [1.29, 1.82) is 0 Å². The molecule has 1 amide bonds. The minimum Gasteiger partial charge on any atom is -0.492 e. The molecule has 0 unspecified atom stereocenters. The number of ether oxygens (including phenoxy) is 1. The molecule has 1 aliphatic carbocycles. The molecule has 1 aliphatic rings. The van der Waals surface area contributed by atoms with Crippen LogP contribution in [0.1, 0.15) is 32.6 Å². The molecule has 0 bridgehead atoms. The lowest BCUT2D eigenvalue weighted by Gasteiger charge is -2.25. The minimum absolute atomic E-state index is 0.00211. The van der Waals surface area contributed by atoms with E-state index in [2.05, 4.69) is 5.32 Å². The maximum Gasteiger partial charge on any atom is 0.231 e. The molecule has 0 aliphatic heterocycles. The molecule has 0 saturated heterocycles. The Morgan fingerprint density at radius 2 is 2.15 bits per heavy atom. The first-order chi connectivity index (χ1) is 9.61. The maximum absolute atomic E-state index is 12.4. The number of benzene rings is 1. The second kappa shape index (κ2) is 6.46. The summed E-state index contributed by atoms with van der Waals surface area (Å²) >= 11 is 6.12. The van der Waals surface area contributed by atoms with Gasteiger partial charge in [0, 0.05) is 12.2 Å². The van der Waals surface area contributed by atoms with E-state index in [1.165, 1.54) is 0 Å². The van der Waals surface area contributed by atoms with Crippen LogP contribution in [0.5, 0.6) is 5.75 Å². The predicted molar refractivity (Wildman–Crippen MR) is 81.2 cm³/mol. The molecule has 0 atom stereocenters. The third-order valence-corrected chi connectivity index (χ3v) is 4.22. The largest absolute Gasteiger partial charge is 0.492 e. The number of anilines is 1. The third kappa shape index (κ3) is 3.07. The Labute approximate surface area is 124 Å². The van der Waals surface area contributed by atoms with Crippen molar-refractivity contribution in [3.63, 3.8) is 0 Å². The SMILES string of the molecule is CCOc1ccc(NC(=O)C2(CN)CCCC2)cc1Cl. The molecule has 20 heavy (non-hydrogen) atoms. The van der Waals surface area contributed by atoms with Crippen LogP contribution in [0.2, 0.25) is 5.02 Å². The Hall–Kier alpha value is -1.26. The number of hydrogen-bond donors (Lipinski definition) is 2. The van der Waals surface area contributed by atoms with Gasteiger partial charge in [0.1, 0.15) is 5.75 Å². The van der Waals surface area contributed by atoms with Crippen molar-refractivity contribution < 1.29 is 9.53 Å². The Balaban J connectivity index is 2.09. The first-order valence-electron chi connectivity index (χ1n) is 7.05. The Morgan fingerprint density at radius 3 is 2.70 bits per heavy atom. The van der Waals surface area contributed by atoms with E-state index in [-0.39, 0.29) is 5.91 Å². The number of carbonyl (C=O) groups excluding carboxylic acids is 1. The highest BCUT2D eigenvalue weighted by molar-refractivity contribution is 6.32. The Bertz CT molecular complexity index is 485. The van der Waals surface area contributed by atoms with Gasteiger partial charge in [0.2, 0.25) is 5.91 Å². The normalized spacial score (nSPS) is 16.9. The molecule has 2 rings (SSSR count). The molecule has 1 fully saturated rings. The molecule has 5 heteroatoms. The zero-order valence-corrected chi connectivity index (χ0v) is 12.5. The lowest BCUT2D eigenvalue weighted by atomic mass is 9.85. The van der Waals surface area contributed by atoms with Crippen molar-refractivity contribution >= 4 is 23.2 Å². The molecule has 0 aromatic heterocycles. The molecule has 1 aromatic carbocycles. The van der Waals surface area contributed by atoms with Crippen molar-refractivity contribution in [3.8, 4) is 5.75 Å². The third-order valence-electron chi connectivity index (χ3n) is 3.92. The van der Waals surface area contributed by atoms with Crippen LogP contribution in [0, 0.1) is 5.41 Å². The van der Waals surface area contributed by atoms with Crippen LogP contribution < -0.4 is 15.8 Å². The lowest BCUT2D eigenvalue weighted by molar-refractivity contribution is -0.124. The standard InChI is InChI=1S/C15H21ClN2O2/c1-2-20-13-6-5-11(9-12(13)16)18-14(19)15(10-17)7-3-4-8-15/h5-6,9H,2-4,7-8,10,17H2,1H3,(H,18,19). The van der Waals surface area contributed by atoms with Gasteiger partial charge < -0.3 is 15.8 Å². The molecular formula is C15H21ClN2O2.